The number of halogens is 3. The molecule has 1 aromatic heterocycles. The Labute approximate surface area is 216 Å². The highest BCUT2D eigenvalue weighted by atomic mass is 19.4. The summed E-state index contributed by atoms with van der Waals surface area (Å²) in [6.45, 7) is 3.09. The molecule has 0 fully saturated rings. The Morgan fingerprint density at radius 2 is 1.66 bits per heavy atom. The molecule has 0 aliphatic carbocycles. The standard InChI is InChI=1S/C28H24F3NO6/c1-16-22(14-19-6-4-5-7-25(19)37-17(2)27(34)35)23-15-21(38-28(29,30)31)12-13-24(23)32(16)26(33)18-8-10-20(36-3)11-9-18/h4-13,15,17H,14H2,1-3H3,(H,34,35)/t17-/m0/s1. The summed E-state index contributed by atoms with van der Waals surface area (Å²) < 4.78 is 55.2. The third-order valence-corrected chi connectivity index (χ3v) is 6.07. The number of fused-ring (bicyclic) bond motifs is 1. The summed E-state index contributed by atoms with van der Waals surface area (Å²) >= 11 is 0. The Hall–Kier alpha value is -4.47. The third-order valence-electron chi connectivity index (χ3n) is 6.07. The molecule has 1 atom stereocenters. The molecule has 38 heavy (non-hydrogen) atoms. The average molecular weight is 527 g/mol. The number of carbonyl (C=O) groups is 2. The van der Waals surface area contributed by atoms with Crippen molar-refractivity contribution in [2.45, 2.75) is 32.7 Å². The fraction of sp³-hybridized carbons (Fsp3) is 0.214. The molecule has 0 saturated carbocycles. The average Bonchev–Trinajstić information content (AvgIpc) is 3.14. The lowest BCUT2D eigenvalue weighted by atomic mass is 10.0. The molecule has 7 nitrogen and oxygen atoms in total. The van der Waals surface area contributed by atoms with Crippen LogP contribution in [0.1, 0.15) is 34.1 Å². The van der Waals surface area contributed by atoms with E-state index < -0.39 is 24.2 Å². The van der Waals surface area contributed by atoms with E-state index in [9.17, 15) is 27.9 Å². The number of nitrogens with zero attached hydrogens (tertiary/aromatic N) is 1. The summed E-state index contributed by atoms with van der Waals surface area (Å²) in [5, 5.41) is 9.64. The number of carboxylic acids is 1. The van der Waals surface area contributed by atoms with Crippen LogP contribution < -0.4 is 14.2 Å². The molecule has 0 aliphatic rings. The van der Waals surface area contributed by atoms with Gasteiger partial charge < -0.3 is 19.3 Å². The number of carbonyl (C=O) groups excluding carboxylic acids is 1. The van der Waals surface area contributed by atoms with Crippen molar-refractivity contribution in [1.29, 1.82) is 0 Å². The highest BCUT2D eigenvalue weighted by molar-refractivity contribution is 6.04. The van der Waals surface area contributed by atoms with Crippen molar-refractivity contribution >= 4 is 22.8 Å². The number of aromatic nitrogens is 1. The van der Waals surface area contributed by atoms with Crippen LogP contribution in [0.15, 0.2) is 66.7 Å². The number of rotatable bonds is 8. The Balaban J connectivity index is 1.85. The zero-order chi connectivity index (χ0) is 27.6. The molecule has 0 aliphatic heterocycles. The first kappa shape index (κ1) is 26.6. The predicted octanol–water partition coefficient (Wildman–Crippen LogP) is 5.99. The normalized spacial score (nSPS) is 12.3. The van der Waals surface area contributed by atoms with E-state index in [1.54, 1.807) is 55.5 Å². The number of methoxy groups -OCH3 is 1. The van der Waals surface area contributed by atoms with Crippen molar-refractivity contribution in [3.8, 4) is 17.2 Å². The summed E-state index contributed by atoms with van der Waals surface area (Å²) in [7, 11) is 1.51. The molecule has 0 unspecified atom stereocenters. The number of hydrogen-bond donors (Lipinski definition) is 1. The van der Waals surface area contributed by atoms with Gasteiger partial charge >= 0.3 is 12.3 Å². The summed E-state index contributed by atoms with van der Waals surface area (Å²) in [5.74, 6) is -1.07. The number of alkyl halides is 3. The molecule has 3 aromatic carbocycles. The number of para-hydroxylation sites is 1. The van der Waals surface area contributed by atoms with Crippen LogP contribution in [0, 0.1) is 6.92 Å². The highest BCUT2D eigenvalue weighted by Crippen LogP contribution is 2.35. The topological polar surface area (TPSA) is 87.0 Å². The van der Waals surface area contributed by atoms with Gasteiger partial charge in [-0.05, 0) is 73.5 Å². The highest BCUT2D eigenvalue weighted by Gasteiger charge is 2.32. The van der Waals surface area contributed by atoms with E-state index in [1.807, 2.05) is 0 Å². The Bertz CT molecular complexity index is 1490. The molecule has 10 heteroatoms. The minimum absolute atomic E-state index is 0.156. The van der Waals surface area contributed by atoms with Crippen molar-refractivity contribution in [1.82, 2.24) is 4.57 Å². The first-order valence-corrected chi connectivity index (χ1v) is 11.5. The van der Waals surface area contributed by atoms with Gasteiger partial charge in [-0.1, -0.05) is 18.2 Å². The Kier molecular flexibility index (Phi) is 7.34. The molecule has 0 saturated heterocycles. The molecule has 1 heterocycles. The van der Waals surface area contributed by atoms with E-state index in [2.05, 4.69) is 4.74 Å². The molecule has 198 valence electrons. The fourth-order valence-corrected chi connectivity index (χ4v) is 4.20. The maximum Gasteiger partial charge on any atom is 0.573 e. The smallest absolute Gasteiger partial charge is 0.497 e. The monoisotopic (exact) mass is 527 g/mol. The lowest BCUT2D eigenvalue weighted by molar-refractivity contribution is -0.274. The molecular formula is C28H24F3NO6. The van der Waals surface area contributed by atoms with Crippen LogP contribution in [0.25, 0.3) is 10.9 Å². The second-order valence-electron chi connectivity index (χ2n) is 8.54. The zero-order valence-corrected chi connectivity index (χ0v) is 20.7. The van der Waals surface area contributed by atoms with Gasteiger partial charge in [0.05, 0.1) is 12.6 Å². The van der Waals surface area contributed by atoms with E-state index in [4.69, 9.17) is 9.47 Å². The van der Waals surface area contributed by atoms with Crippen LogP contribution in [0.4, 0.5) is 13.2 Å². The van der Waals surface area contributed by atoms with Gasteiger partial charge in [0, 0.05) is 23.1 Å². The van der Waals surface area contributed by atoms with Gasteiger partial charge in [0.2, 0.25) is 0 Å². The third kappa shape index (κ3) is 5.59. The largest absolute Gasteiger partial charge is 0.573 e. The molecule has 0 spiro atoms. The van der Waals surface area contributed by atoms with Crippen molar-refractivity contribution < 1.29 is 42.1 Å². The van der Waals surface area contributed by atoms with Crippen molar-refractivity contribution in [3.05, 3.63) is 89.1 Å². The van der Waals surface area contributed by atoms with Gasteiger partial charge in [-0.2, -0.15) is 0 Å². The molecule has 1 N–H and O–H groups in total. The van der Waals surface area contributed by atoms with E-state index in [0.29, 0.717) is 44.8 Å². The Morgan fingerprint density at radius 3 is 2.29 bits per heavy atom. The second kappa shape index (κ2) is 10.5. The predicted molar refractivity (Wildman–Crippen MR) is 133 cm³/mol. The summed E-state index contributed by atoms with van der Waals surface area (Å²) in [6, 6.07) is 17.1. The van der Waals surface area contributed by atoms with Crippen LogP contribution in [0.3, 0.4) is 0 Å². The fourth-order valence-electron chi connectivity index (χ4n) is 4.20. The quantitative estimate of drug-likeness (QED) is 0.303. The minimum atomic E-state index is -4.89. The Morgan fingerprint density at radius 1 is 1.00 bits per heavy atom. The van der Waals surface area contributed by atoms with Gasteiger partial charge in [-0.25, -0.2) is 4.79 Å². The lowest BCUT2D eigenvalue weighted by Crippen LogP contribution is -2.23. The van der Waals surface area contributed by atoms with Crippen LogP contribution in [0.2, 0.25) is 0 Å². The summed E-state index contributed by atoms with van der Waals surface area (Å²) in [6.07, 6.45) is -5.86. The first-order valence-electron chi connectivity index (χ1n) is 11.5. The maximum atomic E-state index is 13.6. The number of hydrogen-bond acceptors (Lipinski definition) is 5. The zero-order valence-electron chi connectivity index (χ0n) is 20.7. The van der Waals surface area contributed by atoms with Crippen molar-refractivity contribution in [2.75, 3.05) is 7.11 Å². The van der Waals surface area contributed by atoms with E-state index in [-0.39, 0.29) is 12.3 Å². The van der Waals surface area contributed by atoms with Gasteiger partial charge in [0.1, 0.15) is 17.2 Å². The molecule has 4 aromatic rings. The van der Waals surface area contributed by atoms with Crippen LogP contribution in [-0.4, -0.2) is 41.1 Å². The van der Waals surface area contributed by atoms with Crippen LogP contribution >= 0.6 is 0 Å². The summed E-state index contributed by atoms with van der Waals surface area (Å²) in [5.41, 5.74) is 2.42. The van der Waals surface area contributed by atoms with Gasteiger partial charge in [0.15, 0.2) is 6.10 Å². The van der Waals surface area contributed by atoms with Gasteiger partial charge in [-0.3, -0.25) is 9.36 Å². The van der Waals surface area contributed by atoms with E-state index in [0.717, 1.165) is 6.07 Å². The van der Waals surface area contributed by atoms with Crippen LogP contribution in [0.5, 0.6) is 17.2 Å². The molecule has 4 rings (SSSR count). The molecule has 0 bridgehead atoms. The van der Waals surface area contributed by atoms with E-state index >= 15 is 0 Å². The summed E-state index contributed by atoms with van der Waals surface area (Å²) in [4.78, 5) is 24.9. The number of carboxylic acid groups (broad SMARTS) is 1. The number of aliphatic carboxylic acids is 1. The second-order valence-corrected chi connectivity index (χ2v) is 8.54. The van der Waals surface area contributed by atoms with Crippen LogP contribution in [-0.2, 0) is 11.2 Å². The molecular weight excluding hydrogens is 503 g/mol. The van der Waals surface area contributed by atoms with Gasteiger partial charge in [-0.15, -0.1) is 13.2 Å². The number of benzene rings is 3. The van der Waals surface area contributed by atoms with Gasteiger partial charge in [0.25, 0.3) is 5.91 Å². The molecule has 0 radical (unpaired) electrons. The van der Waals surface area contributed by atoms with E-state index in [1.165, 1.54) is 30.7 Å². The SMILES string of the molecule is COc1ccc(C(=O)n2c(C)c(Cc3ccccc3O[C@@H](C)C(=O)O)c3cc(OC(F)(F)F)ccc32)cc1. The first-order chi connectivity index (χ1) is 18.0. The lowest BCUT2D eigenvalue weighted by Gasteiger charge is -2.15. The maximum absolute atomic E-state index is 13.6. The molecule has 0 amide bonds. The van der Waals surface area contributed by atoms with Crippen molar-refractivity contribution in [3.63, 3.8) is 0 Å². The number of ether oxygens (including phenoxy) is 3. The minimum Gasteiger partial charge on any atom is -0.497 e. The van der Waals surface area contributed by atoms with Crippen molar-refractivity contribution in [2.24, 2.45) is 0 Å².